The standard InChI is InChI=1S/C16H20N4O3S2/c1-23-14(22)8-5-9-17-13(21)11-24-16-20-19-15(25-16)18-10-12-6-3-2-4-7-12/h2-4,6-7H,5,8-11H2,1H3,(H,17,21)(H,18,19). The van der Waals surface area contributed by atoms with E-state index in [1.807, 2.05) is 30.3 Å². The van der Waals surface area contributed by atoms with Gasteiger partial charge >= 0.3 is 5.97 Å². The predicted molar refractivity (Wildman–Crippen MR) is 98.7 cm³/mol. The SMILES string of the molecule is COC(=O)CCCNC(=O)CSc1nnc(NCc2ccccc2)s1. The van der Waals surface area contributed by atoms with Gasteiger partial charge in [0, 0.05) is 19.5 Å². The van der Waals surface area contributed by atoms with Crippen molar-refractivity contribution in [3.63, 3.8) is 0 Å². The van der Waals surface area contributed by atoms with Gasteiger partial charge in [-0.05, 0) is 12.0 Å². The van der Waals surface area contributed by atoms with Crippen molar-refractivity contribution in [3.8, 4) is 0 Å². The predicted octanol–water partition coefficient (Wildman–Crippen LogP) is 2.31. The van der Waals surface area contributed by atoms with Gasteiger partial charge in [0.15, 0.2) is 4.34 Å². The van der Waals surface area contributed by atoms with Gasteiger partial charge in [-0.3, -0.25) is 9.59 Å². The van der Waals surface area contributed by atoms with Crippen LogP contribution in [-0.4, -0.2) is 41.5 Å². The molecular weight excluding hydrogens is 360 g/mol. The largest absolute Gasteiger partial charge is 0.469 e. The van der Waals surface area contributed by atoms with Crippen LogP contribution in [-0.2, 0) is 20.9 Å². The van der Waals surface area contributed by atoms with E-state index in [2.05, 4.69) is 25.6 Å². The molecule has 134 valence electrons. The Morgan fingerprint density at radius 1 is 1.24 bits per heavy atom. The van der Waals surface area contributed by atoms with Gasteiger partial charge < -0.3 is 15.4 Å². The zero-order chi connectivity index (χ0) is 17.9. The third-order valence-electron chi connectivity index (χ3n) is 3.13. The number of ether oxygens (including phenoxy) is 1. The minimum atomic E-state index is -0.270. The van der Waals surface area contributed by atoms with Crippen molar-refractivity contribution in [2.75, 3.05) is 24.7 Å². The van der Waals surface area contributed by atoms with E-state index in [4.69, 9.17) is 0 Å². The average Bonchev–Trinajstić information content (AvgIpc) is 3.10. The van der Waals surface area contributed by atoms with Crippen LogP contribution < -0.4 is 10.6 Å². The second-order valence-electron chi connectivity index (χ2n) is 5.03. The summed E-state index contributed by atoms with van der Waals surface area (Å²) in [5, 5.41) is 14.8. The molecule has 0 aliphatic rings. The van der Waals surface area contributed by atoms with E-state index in [0.29, 0.717) is 25.9 Å². The molecule has 9 heteroatoms. The summed E-state index contributed by atoms with van der Waals surface area (Å²) in [6.45, 7) is 1.13. The van der Waals surface area contributed by atoms with Gasteiger partial charge in [0.05, 0.1) is 12.9 Å². The number of aromatic nitrogens is 2. The molecule has 2 aromatic rings. The number of anilines is 1. The van der Waals surface area contributed by atoms with E-state index in [0.717, 1.165) is 9.47 Å². The number of nitrogens with one attached hydrogen (secondary N) is 2. The molecule has 7 nitrogen and oxygen atoms in total. The molecule has 0 saturated carbocycles. The summed E-state index contributed by atoms with van der Waals surface area (Å²) in [4.78, 5) is 22.7. The van der Waals surface area contributed by atoms with Gasteiger partial charge in [-0.2, -0.15) is 0 Å². The number of hydrogen-bond donors (Lipinski definition) is 2. The molecule has 1 aromatic carbocycles. The number of hydrogen-bond acceptors (Lipinski definition) is 8. The van der Waals surface area contributed by atoms with E-state index < -0.39 is 0 Å². The van der Waals surface area contributed by atoms with Crippen molar-refractivity contribution in [1.29, 1.82) is 0 Å². The Kier molecular flexibility index (Phi) is 8.20. The lowest BCUT2D eigenvalue weighted by Crippen LogP contribution is -2.26. The monoisotopic (exact) mass is 380 g/mol. The number of rotatable bonds is 10. The summed E-state index contributed by atoms with van der Waals surface area (Å²) in [6.07, 6.45) is 0.867. The Labute approximate surface area is 154 Å². The zero-order valence-electron chi connectivity index (χ0n) is 13.9. The topological polar surface area (TPSA) is 93.2 Å². The first-order valence-corrected chi connectivity index (χ1v) is 9.55. The van der Waals surface area contributed by atoms with E-state index in [9.17, 15) is 9.59 Å². The number of methoxy groups -OCH3 is 1. The first-order valence-electron chi connectivity index (χ1n) is 7.75. The van der Waals surface area contributed by atoms with Crippen LogP contribution in [0.15, 0.2) is 34.7 Å². The van der Waals surface area contributed by atoms with Crippen molar-refractivity contribution in [2.24, 2.45) is 0 Å². The first kappa shape index (κ1) is 19.2. The van der Waals surface area contributed by atoms with Gasteiger partial charge in [-0.25, -0.2) is 0 Å². The van der Waals surface area contributed by atoms with Crippen molar-refractivity contribution in [2.45, 2.75) is 23.7 Å². The molecule has 2 N–H and O–H groups in total. The lowest BCUT2D eigenvalue weighted by molar-refractivity contribution is -0.140. The average molecular weight is 380 g/mol. The minimum absolute atomic E-state index is 0.0936. The highest BCUT2D eigenvalue weighted by atomic mass is 32.2. The fourth-order valence-electron chi connectivity index (χ4n) is 1.85. The first-order chi connectivity index (χ1) is 12.2. The van der Waals surface area contributed by atoms with Crippen molar-refractivity contribution < 1.29 is 14.3 Å². The molecule has 1 heterocycles. The van der Waals surface area contributed by atoms with E-state index in [1.165, 1.54) is 35.8 Å². The fraction of sp³-hybridized carbons (Fsp3) is 0.375. The summed E-state index contributed by atoms with van der Waals surface area (Å²) in [5.41, 5.74) is 1.17. The molecule has 0 saturated heterocycles. The quantitative estimate of drug-likeness (QED) is 0.371. The summed E-state index contributed by atoms with van der Waals surface area (Å²) in [7, 11) is 1.35. The molecular formula is C16H20N4O3S2. The highest BCUT2D eigenvalue weighted by molar-refractivity contribution is 8.01. The molecule has 0 spiro atoms. The van der Waals surface area contributed by atoms with Crippen LogP contribution in [0.5, 0.6) is 0 Å². The van der Waals surface area contributed by atoms with Crippen LogP contribution in [0.1, 0.15) is 18.4 Å². The third kappa shape index (κ3) is 7.53. The van der Waals surface area contributed by atoms with Crippen LogP contribution >= 0.6 is 23.1 Å². The van der Waals surface area contributed by atoms with Gasteiger partial charge in [-0.15, -0.1) is 10.2 Å². The summed E-state index contributed by atoms with van der Waals surface area (Å²) >= 11 is 2.76. The van der Waals surface area contributed by atoms with Gasteiger partial charge in [-0.1, -0.05) is 53.4 Å². The smallest absolute Gasteiger partial charge is 0.305 e. The molecule has 0 radical (unpaired) electrons. The maximum atomic E-state index is 11.7. The Balaban J connectivity index is 1.63. The van der Waals surface area contributed by atoms with Crippen LogP contribution in [0.25, 0.3) is 0 Å². The normalized spacial score (nSPS) is 10.3. The van der Waals surface area contributed by atoms with E-state index >= 15 is 0 Å². The molecule has 0 atom stereocenters. The van der Waals surface area contributed by atoms with Gasteiger partial charge in [0.1, 0.15) is 0 Å². The van der Waals surface area contributed by atoms with Gasteiger partial charge in [0.2, 0.25) is 11.0 Å². The number of carbonyl (C=O) groups is 2. The molecule has 0 bridgehead atoms. The molecule has 0 aliphatic carbocycles. The van der Waals surface area contributed by atoms with Crippen molar-refractivity contribution in [1.82, 2.24) is 15.5 Å². The molecule has 25 heavy (non-hydrogen) atoms. The third-order valence-corrected chi connectivity index (χ3v) is 5.14. The molecule has 0 aliphatic heterocycles. The zero-order valence-corrected chi connectivity index (χ0v) is 15.5. The number of carbonyl (C=O) groups excluding carboxylic acids is 2. The number of thioether (sulfide) groups is 1. The molecule has 2 rings (SSSR count). The minimum Gasteiger partial charge on any atom is -0.469 e. The van der Waals surface area contributed by atoms with Crippen molar-refractivity contribution in [3.05, 3.63) is 35.9 Å². The van der Waals surface area contributed by atoms with E-state index in [-0.39, 0.29) is 17.6 Å². The van der Waals surface area contributed by atoms with Crippen molar-refractivity contribution >= 4 is 40.1 Å². The lowest BCUT2D eigenvalue weighted by atomic mass is 10.2. The summed E-state index contributed by atoms with van der Waals surface area (Å²) < 4.78 is 5.27. The second kappa shape index (κ2) is 10.7. The Hall–Kier alpha value is -2.13. The molecule has 0 unspecified atom stereocenters. The van der Waals surface area contributed by atoms with Gasteiger partial charge in [0.25, 0.3) is 0 Å². The number of amides is 1. The lowest BCUT2D eigenvalue weighted by Gasteiger charge is -2.03. The number of nitrogens with zero attached hydrogens (tertiary/aromatic N) is 2. The Morgan fingerprint density at radius 3 is 2.80 bits per heavy atom. The summed E-state index contributed by atoms with van der Waals surface area (Å²) in [6, 6.07) is 10.0. The maximum absolute atomic E-state index is 11.7. The van der Waals surface area contributed by atoms with Crippen LogP contribution in [0.4, 0.5) is 5.13 Å². The van der Waals surface area contributed by atoms with E-state index in [1.54, 1.807) is 0 Å². The Bertz CT molecular complexity index is 679. The second-order valence-corrected chi connectivity index (χ2v) is 7.23. The number of esters is 1. The van der Waals surface area contributed by atoms with Crippen LogP contribution in [0.3, 0.4) is 0 Å². The van der Waals surface area contributed by atoms with Crippen LogP contribution in [0.2, 0.25) is 0 Å². The fourth-order valence-corrected chi connectivity index (χ4v) is 3.43. The highest BCUT2D eigenvalue weighted by Gasteiger charge is 2.08. The number of benzene rings is 1. The molecule has 1 amide bonds. The molecule has 0 fully saturated rings. The maximum Gasteiger partial charge on any atom is 0.305 e. The molecule has 1 aromatic heterocycles. The highest BCUT2D eigenvalue weighted by Crippen LogP contribution is 2.25. The Morgan fingerprint density at radius 2 is 2.04 bits per heavy atom. The summed E-state index contributed by atoms with van der Waals surface area (Å²) in [5.74, 6) is -0.0946. The van der Waals surface area contributed by atoms with Crippen LogP contribution in [0, 0.1) is 0 Å².